The van der Waals surface area contributed by atoms with Crippen LogP contribution in [0.4, 0.5) is 5.69 Å². The van der Waals surface area contributed by atoms with E-state index in [0.717, 1.165) is 21.0 Å². The SMILES string of the molecule is Cc1sc2nc(SCC(=O)N(C)c3ccccc3)n(C(C)C)c(=O)c2c1C. The third-order valence-electron chi connectivity index (χ3n) is 4.56. The molecule has 1 amide bonds. The number of nitrogens with zero attached hydrogens (tertiary/aromatic N) is 3. The van der Waals surface area contributed by atoms with E-state index < -0.39 is 0 Å². The molecule has 142 valence electrons. The van der Waals surface area contributed by atoms with E-state index in [0.29, 0.717) is 10.5 Å². The number of aromatic nitrogens is 2. The molecule has 0 aliphatic rings. The van der Waals surface area contributed by atoms with E-state index in [1.54, 1.807) is 16.5 Å². The van der Waals surface area contributed by atoms with Crippen molar-refractivity contribution < 1.29 is 4.79 Å². The zero-order valence-corrected chi connectivity index (χ0v) is 17.8. The quantitative estimate of drug-likeness (QED) is 0.469. The van der Waals surface area contributed by atoms with Gasteiger partial charge in [-0.2, -0.15) is 0 Å². The van der Waals surface area contributed by atoms with E-state index in [9.17, 15) is 9.59 Å². The first kappa shape index (κ1) is 19.6. The summed E-state index contributed by atoms with van der Waals surface area (Å²) in [6.07, 6.45) is 0. The lowest BCUT2D eigenvalue weighted by atomic mass is 10.2. The van der Waals surface area contributed by atoms with E-state index in [4.69, 9.17) is 4.98 Å². The van der Waals surface area contributed by atoms with Crippen molar-refractivity contribution in [3.05, 3.63) is 51.1 Å². The standard InChI is InChI=1S/C20H23N3O2S2/c1-12(2)23-19(25)17-13(3)14(4)27-18(17)21-20(23)26-11-16(24)22(5)15-9-7-6-8-10-15/h6-10,12H,11H2,1-5H3. The third kappa shape index (κ3) is 3.80. The number of thiophene rings is 1. The second-order valence-electron chi connectivity index (χ2n) is 6.70. The van der Waals surface area contributed by atoms with Crippen molar-refractivity contribution in [2.75, 3.05) is 17.7 Å². The maximum atomic E-state index is 13.0. The third-order valence-corrected chi connectivity index (χ3v) is 6.60. The molecule has 2 aromatic heterocycles. The molecule has 0 N–H and O–H groups in total. The van der Waals surface area contributed by atoms with Gasteiger partial charge in [0.25, 0.3) is 5.56 Å². The number of amides is 1. The number of benzene rings is 1. The van der Waals surface area contributed by atoms with Gasteiger partial charge in [-0.1, -0.05) is 30.0 Å². The monoisotopic (exact) mass is 401 g/mol. The fourth-order valence-electron chi connectivity index (χ4n) is 2.86. The second kappa shape index (κ2) is 7.86. The Morgan fingerprint density at radius 1 is 1.26 bits per heavy atom. The van der Waals surface area contributed by atoms with Gasteiger partial charge < -0.3 is 4.90 Å². The average molecular weight is 402 g/mol. The van der Waals surface area contributed by atoms with Gasteiger partial charge in [0.1, 0.15) is 4.83 Å². The smallest absolute Gasteiger partial charge is 0.263 e. The van der Waals surface area contributed by atoms with Gasteiger partial charge in [-0.25, -0.2) is 4.98 Å². The summed E-state index contributed by atoms with van der Waals surface area (Å²) in [4.78, 5) is 33.8. The number of anilines is 1. The minimum absolute atomic E-state index is 0.0248. The van der Waals surface area contributed by atoms with Crippen molar-refractivity contribution in [3.63, 3.8) is 0 Å². The topological polar surface area (TPSA) is 55.2 Å². The predicted octanol–water partition coefficient (Wildman–Crippen LogP) is 4.41. The van der Waals surface area contributed by atoms with Crippen molar-refractivity contribution in [1.82, 2.24) is 9.55 Å². The van der Waals surface area contributed by atoms with E-state index >= 15 is 0 Å². The van der Waals surface area contributed by atoms with Crippen molar-refractivity contribution >= 4 is 44.9 Å². The Kier molecular flexibility index (Phi) is 5.72. The highest BCUT2D eigenvalue weighted by molar-refractivity contribution is 7.99. The number of carbonyl (C=O) groups is 1. The minimum Gasteiger partial charge on any atom is -0.315 e. The first-order chi connectivity index (χ1) is 12.8. The molecule has 7 heteroatoms. The number of hydrogen-bond acceptors (Lipinski definition) is 5. The molecule has 0 aliphatic heterocycles. The van der Waals surface area contributed by atoms with E-state index in [1.165, 1.54) is 23.1 Å². The molecule has 3 aromatic rings. The van der Waals surface area contributed by atoms with Crippen LogP contribution in [-0.2, 0) is 4.79 Å². The van der Waals surface area contributed by atoms with Crippen LogP contribution in [0.25, 0.3) is 10.2 Å². The molecule has 2 heterocycles. The molecule has 0 radical (unpaired) electrons. The summed E-state index contributed by atoms with van der Waals surface area (Å²) in [6, 6.07) is 9.49. The van der Waals surface area contributed by atoms with Gasteiger partial charge in [0, 0.05) is 23.7 Å². The van der Waals surface area contributed by atoms with Crippen molar-refractivity contribution in [3.8, 4) is 0 Å². The van der Waals surface area contributed by atoms with Crippen LogP contribution in [0.3, 0.4) is 0 Å². The fourth-order valence-corrected chi connectivity index (χ4v) is 4.98. The number of hydrogen-bond donors (Lipinski definition) is 0. The lowest BCUT2D eigenvalue weighted by Gasteiger charge is -2.18. The zero-order chi connectivity index (χ0) is 19.7. The van der Waals surface area contributed by atoms with Gasteiger partial charge in [0.2, 0.25) is 5.91 Å². The van der Waals surface area contributed by atoms with Gasteiger partial charge in [-0.3, -0.25) is 14.2 Å². The maximum absolute atomic E-state index is 13.0. The lowest BCUT2D eigenvalue weighted by molar-refractivity contribution is -0.115. The first-order valence-electron chi connectivity index (χ1n) is 8.78. The van der Waals surface area contributed by atoms with Crippen LogP contribution >= 0.6 is 23.1 Å². The lowest BCUT2D eigenvalue weighted by Crippen LogP contribution is -2.29. The summed E-state index contributed by atoms with van der Waals surface area (Å²) in [6.45, 7) is 7.90. The summed E-state index contributed by atoms with van der Waals surface area (Å²) in [5, 5.41) is 1.29. The molecule has 0 atom stereocenters. The average Bonchev–Trinajstić information content (AvgIpc) is 2.93. The van der Waals surface area contributed by atoms with Crippen LogP contribution in [0.2, 0.25) is 0 Å². The Morgan fingerprint density at radius 2 is 1.93 bits per heavy atom. The molecule has 27 heavy (non-hydrogen) atoms. The van der Waals surface area contributed by atoms with Gasteiger partial charge in [-0.15, -0.1) is 11.3 Å². The van der Waals surface area contributed by atoms with Crippen LogP contribution in [0.5, 0.6) is 0 Å². The number of fused-ring (bicyclic) bond motifs is 1. The largest absolute Gasteiger partial charge is 0.315 e. The number of para-hydroxylation sites is 1. The molecule has 0 fully saturated rings. The van der Waals surface area contributed by atoms with Crippen molar-refractivity contribution in [2.24, 2.45) is 0 Å². The summed E-state index contributed by atoms with van der Waals surface area (Å²) >= 11 is 2.85. The Morgan fingerprint density at radius 3 is 2.56 bits per heavy atom. The highest BCUT2D eigenvalue weighted by Gasteiger charge is 2.20. The predicted molar refractivity (Wildman–Crippen MR) is 114 cm³/mol. The highest BCUT2D eigenvalue weighted by atomic mass is 32.2. The molecular weight excluding hydrogens is 378 g/mol. The molecule has 0 bridgehead atoms. The second-order valence-corrected chi connectivity index (χ2v) is 8.85. The summed E-state index contributed by atoms with van der Waals surface area (Å²) < 4.78 is 1.70. The van der Waals surface area contributed by atoms with Crippen LogP contribution in [0.1, 0.15) is 30.3 Å². The molecule has 0 unspecified atom stereocenters. The number of carbonyl (C=O) groups excluding carboxylic acids is 1. The molecule has 0 saturated carbocycles. The Balaban J connectivity index is 1.91. The normalized spacial score (nSPS) is 11.3. The zero-order valence-electron chi connectivity index (χ0n) is 16.1. The summed E-state index contributed by atoms with van der Waals surface area (Å²) in [5.74, 6) is 0.189. The molecule has 0 aliphatic carbocycles. The molecule has 0 spiro atoms. The van der Waals surface area contributed by atoms with Gasteiger partial charge in [-0.05, 0) is 45.4 Å². The number of aryl methyl sites for hydroxylation is 2. The minimum atomic E-state index is -0.0330. The van der Waals surface area contributed by atoms with Crippen molar-refractivity contribution in [2.45, 2.75) is 38.9 Å². The first-order valence-corrected chi connectivity index (χ1v) is 10.6. The van der Waals surface area contributed by atoms with Crippen LogP contribution in [0, 0.1) is 13.8 Å². The van der Waals surface area contributed by atoms with Crippen LogP contribution in [-0.4, -0.2) is 28.3 Å². The fraction of sp³-hybridized carbons (Fsp3) is 0.350. The highest BCUT2D eigenvalue weighted by Crippen LogP contribution is 2.29. The summed E-state index contributed by atoms with van der Waals surface area (Å²) in [7, 11) is 1.76. The molecule has 5 nitrogen and oxygen atoms in total. The Labute approximate surface area is 167 Å². The Hall–Kier alpha value is -2.12. The van der Waals surface area contributed by atoms with E-state index in [1.807, 2.05) is 58.0 Å². The van der Waals surface area contributed by atoms with Crippen LogP contribution < -0.4 is 10.5 Å². The van der Waals surface area contributed by atoms with Gasteiger partial charge >= 0.3 is 0 Å². The van der Waals surface area contributed by atoms with E-state index in [-0.39, 0.29) is 23.3 Å². The van der Waals surface area contributed by atoms with Gasteiger partial charge in [0.15, 0.2) is 5.16 Å². The van der Waals surface area contributed by atoms with Crippen LogP contribution in [0.15, 0.2) is 40.3 Å². The number of thioether (sulfide) groups is 1. The van der Waals surface area contributed by atoms with Gasteiger partial charge in [0.05, 0.1) is 11.1 Å². The maximum Gasteiger partial charge on any atom is 0.263 e. The van der Waals surface area contributed by atoms with Crippen molar-refractivity contribution in [1.29, 1.82) is 0 Å². The molecule has 0 saturated heterocycles. The van der Waals surface area contributed by atoms with E-state index in [2.05, 4.69) is 0 Å². The Bertz CT molecular complexity index is 1040. The molecular formula is C20H23N3O2S2. The summed E-state index contributed by atoms with van der Waals surface area (Å²) in [5.41, 5.74) is 1.82. The molecule has 3 rings (SSSR count). The molecule has 1 aromatic carbocycles. The number of rotatable bonds is 5.